The molecule has 0 unspecified atom stereocenters. The van der Waals surface area contributed by atoms with Gasteiger partial charge in [-0.15, -0.1) is 0 Å². The summed E-state index contributed by atoms with van der Waals surface area (Å²) < 4.78 is 0. The van der Waals surface area contributed by atoms with Crippen molar-refractivity contribution in [3.8, 4) is 0 Å². The van der Waals surface area contributed by atoms with Crippen molar-refractivity contribution in [2.75, 3.05) is 51.2 Å². The van der Waals surface area contributed by atoms with E-state index in [9.17, 15) is 0 Å². The van der Waals surface area contributed by atoms with Crippen molar-refractivity contribution in [1.82, 2.24) is 9.80 Å². The molecule has 156 valence electrons. The van der Waals surface area contributed by atoms with Crippen molar-refractivity contribution in [3.05, 3.63) is 48.5 Å². The Bertz CT molecular complexity index is 725. The first-order chi connectivity index (χ1) is 14.3. The molecule has 4 heteroatoms. The van der Waals surface area contributed by atoms with E-state index in [1.54, 1.807) is 0 Å². The van der Waals surface area contributed by atoms with Gasteiger partial charge >= 0.3 is 0 Å². The molecular formula is C25H35N3S. The Morgan fingerprint density at radius 1 is 0.655 bits per heavy atom. The molecule has 0 atom stereocenters. The molecule has 0 saturated carbocycles. The molecule has 2 aromatic rings. The molecule has 0 aromatic heterocycles. The summed E-state index contributed by atoms with van der Waals surface area (Å²) in [6.07, 6.45) is 8.12. The van der Waals surface area contributed by atoms with Crippen LogP contribution in [0.2, 0.25) is 0 Å². The lowest BCUT2D eigenvalue weighted by molar-refractivity contribution is 0.152. The normalized spacial score (nSPS) is 17.2. The van der Waals surface area contributed by atoms with Crippen LogP contribution in [0.3, 0.4) is 0 Å². The van der Waals surface area contributed by atoms with Gasteiger partial charge in [0.15, 0.2) is 0 Å². The van der Waals surface area contributed by atoms with Gasteiger partial charge in [0.2, 0.25) is 0 Å². The Labute approximate surface area is 181 Å². The van der Waals surface area contributed by atoms with E-state index >= 15 is 0 Å². The molecule has 1 saturated heterocycles. The fourth-order valence-corrected chi connectivity index (χ4v) is 5.50. The number of rotatable bonds is 9. The predicted molar refractivity (Wildman–Crippen MR) is 126 cm³/mol. The molecule has 0 bridgehead atoms. The van der Waals surface area contributed by atoms with E-state index < -0.39 is 0 Å². The second-order valence-electron chi connectivity index (χ2n) is 8.46. The summed E-state index contributed by atoms with van der Waals surface area (Å²) in [5.41, 5.74) is 2.76. The minimum atomic E-state index is 1.12. The smallest absolute Gasteiger partial charge is 0.0552 e. The molecule has 0 amide bonds. The van der Waals surface area contributed by atoms with Crippen LogP contribution < -0.4 is 4.90 Å². The topological polar surface area (TPSA) is 9.72 Å². The summed E-state index contributed by atoms with van der Waals surface area (Å²) in [7, 11) is 2.23. The van der Waals surface area contributed by atoms with Gasteiger partial charge in [-0.25, -0.2) is 0 Å². The van der Waals surface area contributed by atoms with Crippen LogP contribution in [0.1, 0.15) is 38.5 Å². The Morgan fingerprint density at radius 3 is 1.79 bits per heavy atom. The minimum Gasteiger partial charge on any atom is -0.340 e. The number of fused-ring (bicyclic) bond motifs is 2. The van der Waals surface area contributed by atoms with Crippen LogP contribution in [-0.2, 0) is 0 Å². The quantitative estimate of drug-likeness (QED) is 0.478. The van der Waals surface area contributed by atoms with Gasteiger partial charge in [0.1, 0.15) is 0 Å². The minimum absolute atomic E-state index is 1.12. The zero-order chi connectivity index (χ0) is 19.9. The number of benzene rings is 2. The lowest BCUT2D eigenvalue weighted by Crippen LogP contribution is -2.44. The van der Waals surface area contributed by atoms with Crippen LogP contribution >= 0.6 is 11.8 Å². The molecule has 2 aromatic carbocycles. The van der Waals surface area contributed by atoms with Crippen LogP contribution in [0.4, 0.5) is 11.4 Å². The first kappa shape index (κ1) is 20.8. The highest BCUT2D eigenvalue weighted by atomic mass is 32.2. The van der Waals surface area contributed by atoms with Crippen molar-refractivity contribution in [1.29, 1.82) is 0 Å². The number of para-hydroxylation sites is 2. The van der Waals surface area contributed by atoms with Crippen molar-refractivity contribution >= 4 is 23.1 Å². The molecule has 4 rings (SSSR count). The van der Waals surface area contributed by atoms with Gasteiger partial charge in [0.05, 0.1) is 11.4 Å². The fraction of sp³-hybridized carbons (Fsp3) is 0.520. The second kappa shape index (κ2) is 10.5. The zero-order valence-corrected chi connectivity index (χ0v) is 18.7. The summed E-state index contributed by atoms with van der Waals surface area (Å²) in [6, 6.07) is 17.7. The molecule has 2 aliphatic rings. The third-order valence-corrected chi connectivity index (χ3v) is 7.36. The van der Waals surface area contributed by atoms with Gasteiger partial charge in [-0.05, 0) is 50.7 Å². The number of nitrogens with zero attached hydrogens (tertiary/aromatic N) is 3. The third-order valence-electron chi connectivity index (χ3n) is 6.23. The number of likely N-dealkylation sites (N-methyl/N-ethyl adjacent to an activating group) is 1. The standard InChI is InChI=1S/C25H35N3S/c1-26-18-20-27(21-19-26)16-10-4-2-3-5-11-17-28-22-12-6-8-14-24(22)29-25-15-9-7-13-23(25)28/h6-9,12-15H,2-5,10-11,16-21H2,1H3. The SMILES string of the molecule is CN1CCN(CCCCCCCCN2c3ccccc3Sc3ccccc32)CC1. The average molecular weight is 410 g/mol. The summed E-state index contributed by atoms with van der Waals surface area (Å²) in [5, 5.41) is 0. The maximum absolute atomic E-state index is 2.64. The summed E-state index contributed by atoms with van der Waals surface area (Å²) >= 11 is 1.90. The lowest BCUT2D eigenvalue weighted by Gasteiger charge is -2.32. The van der Waals surface area contributed by atoms with Crippen molar-refractivity contribution in [2.24, 2.45) is 0 Å². The monoisotopic (exact) mass is 409 g/mol. The highest BCUT2D eigenvalue weighted by molar-refractivity contribution is 7.99. The Morgan fingerprint density at radius 2 is 1.17 bits per heavy atom. The molecule has 0 spiro atoms. The maximum Gasteiger partial charge on any atom is 0.0552 e. The molecule has 0 aliphatic carbocycles. The Balaban J connectivity index is 1.17. The van der Waals surface area contributed by atoms with Crippen LogP contribution in [0.5, 0.6) is 0 Å². The molecule has 3 nitrogen and oxygen atoms in total. The van der Waals surface area contributed by atoms with E-state index in [0.717, 1.165) is 6.54 Å². The van der Waals surface area contributed by atoms with Gasteiger partial charge in [0.25, 0.3) is 0 Å². The van der Waals surface area contributed by atoms with Gasteiger partial charge in [0, 0.05) is 42.5 Å². The molecule has 1 fully saturated rings. The first-order valence-electron chi connectivity index (χ1n) is 11.4. The van der Waals surface area contributed by atoms with E-state index in [1.807, 2.05) is 11.8 Å². The predicted octanol–water partition coefficient (Wildman–Crippen LogP) is 5.88. The summed E-state index contributed by atoms with van der Waals surface area (Å²) in [4.78, 5) is 10.4. The fourth-order valence-electron chi connectivity index (χ4n) is 4.41. The molecular weight excluding hydrogens is 374 g/mol. The first-order valence-corrected chi connectivity index (χ1v) is 12.2. The van der Waals surface area contributed by atoms with Crippen LogP contribution in [0.25, 0.3) is 0 Å². The van der Waals surface area contributed by atoms with Crippen LogP contribution in [0.15, 0.2) is 58.3 Å². The number of hydrogen-bond acceptors (Lipinski definition) is 4. The zero-order valence-electron chi connectivity index (χ0n) is 17.9. The maximum atomic E-state index is 2.64. The summed E-state index contributed by atoms with van der Waals surface area (Å²) in [5.74, 6) is 0. The highest BCUT2D eigenvalue weighted by Gasteiger charge is 2.22. The Hall–Kier alpha value is -1.49. The number of hydrogen-bond donors (Lipinski definition) is 0. The van der Waals surface area contributed by atoms with Gasteiger partial charge < -0.3 is 14.7 Å². The van der Waals surface area contributed by atoms with Gasteiger partial charge in [-0.1, -0.05) is 61.7 Å². The van der Waals surface area contributed by atoms with E-state index in [1.165, 1.54) is 92.4 Å². The molecule has 29 heavy (non-hydrogen) atoms. The highest BCUT2D eigenvalue weighted by Crippen LogP contribution is 2.47. The largest absolute Gasteiger partial charge is 0.340 e. The van der Waals surface area contributed by atoms with Gasteiger partial charge in [-0.2, -0.15) is 0 Å². The molecule has 0 N–H and O–H groups in total. The van der Waals surface area contributed by atoms with Gasteiger partial charge in [-0.3, -0.25) is 0 Å². The van der Waals surface area contributed by atoms with E-state index in [-0.39, 0.29) is 0 Å². The summed E-state index contributed by atoms with van der Waals surface area (Å²) in [6.45, 7) is 7.41. The molecule has 2 aliphatic heterocycles. The number of unbranched alkanes of at least 4 members (excludes halogenated alkanes) is 5. The lowest BCUT2D eigenvalue weighted by atomic mass is 10.1. The average Bonchev–Trinajstić information content (AvgIpc) is 2.76. The second-order valence-corrected chi connectivity index (χ2v) is 9.54. The molecule has 2 heterocycles. The van der Waals surface area contributed by atoms with Crippen molar-refractivity contribution in [2.45, 2.75) is 48.3 Å². The third kappa shape index (κ3) is 5.56. The molecule has 0 radical (unpaired) electrons. The van der Waals surface area contributed by atoms with E-state index in [4.69, 9.17) is 0 Å². The number of piperazine rings is 1. The van der Waals surface area contributed by atoms with E-state index in [0.29, 0.717) is 0 Å². The number of anilines is 2. The Kier molecular flexibility index (Phi) is 7.53. The van der Waals surface area contributed by atoms with E-state index in [2.05, 4.69) is 70.3 Å². The van der Waals surface area contributed by atoms with Crippen molar-refractivity contribution < 1.29 is 0 Å². The van der Waals surface area contributed by atoms with Crippen molar-refractivity contribution in [3.63, 3.8) is 0 Å². The van der Waals surface area contributed by atoms with Crippen LogP contribution in [0, 0.1) is 0 Å². The van der Waals surface area contributed by atoms with Crippen LogP contribution in [-0.4, -0.2) is 56.1 Å².